The number of hydrogen-bond donors (Lipinski definition) is 2. The van der Waals surface area contributed by atoms with Crippen LogP contribution in [0.4, 0.5) is 4.39 Å². The van der Waals surface area contributed by atoms with Crippen LogP contribution in [0.3, 0.4) is 0 Å². The number of nitrogens with one attached hydrogen (secondary N) is 2. The monoisotopic (exact) mass is 360 g/mol. The van der Waals surface area contributed by atoms with Crippen molar-refractivity contribution in [2.75, 3.05) is 5.43 Å². The van der Waals surface area contributed by atoms with Crippen LogP contribution in [0.25, 0.3) is 11.4 Å². The lowest BCUT2D eigenvalue weighted by Crippen LogP contribution is -2.26. The first-order valence-electron chi connectivity index (χ1n) is 7.59. The van der Waals surface area contributed by atoms with Crippen molar-refractivity contribution < 1.29 is 9.18 Å². The molecule has 0 saturated carbocycles. The minimum Gasteiger partial charge on any atom is -0.273 e. The topological polar surface area (TPSA) is 80.5 Å². The summed E-state index contributed by atoms with van der Waals surface area (Å²) in [6.45, 7) is 3.75. The zero-order chi connectivity index (χ0) is 18.1. The molecule has 3 aromatic rings. The second-order valence-electron chi connectivity index (χ2n) is 5.65. The summed E-state index contributed by atoms with van der Waals surface area (Å²) in [5, 5.41) is 10.9. The SMILES string of the molecule is Cc1nn(C)c(C)c1CC(=O)Nn1c(-c2ccccc2F)n[nH]c1=S. The van der Waals surface area contributed by atoms with Crippen LogP contribution in [0, 0.1) is 24.4 Å². The van der Waals surface area contributed by atoms with Crippen LogP contribution in [0.1, 0.15) is 17.0 Å². The number of benzene rings is 1. The van der Waals surface area contributed by atoms with Crippen molar-refractivity contribution in [1.29, 1.82) is 0 Å². The maximum atomic E-state index is 14.0. The van der Waals surface area contributed by atoms with Crippen LogP contribution in [0.5, 0.6) is 0 Å². The Hall–Kier alpha value is -2.81. The van der Waals surface area contributed by atoms with E-state index >= 15 is 0 Å². The molecule has 1 amide bonds. The number of carbonyl (C=O) groups excluding carboxylic acids is 1. The summed E-state index contributed by atoms with van der Waals surface area (Å²) >= 11 is 5.15. The van der Waals surface area contributed by atoms with Crippen LogP contribution < -0.4 is 5.43 Å². The molecule has 0 spiro atoms. The van der Waals surface area contributed by atoms with Crippen LogP contribution in [0.2, 0.25) is 0 Å². The maximum Gasteiger partial charge on any atom is 0.243 e. The van der Waals surface area contributed by atoms with Gasteiger partial charge in [-0.05, 0) is 38.2 Å². The van der Waals surface area contributed by atoms with E-state index < -0.39 is 5.82 Å². The molecule has 0 fully saturated rings. The van der Waals surface area contributed by atoms with Crippen molar-refractivity contribution in [2.24, 2.45) is 7.05 Å². The predicted octanol–water partition coefficient (Wildman–Crippen LogP) is 2.41. The van der Waals surface area contributed by atoms with Gasteiger partial charge < -0.3 is 0 Å². The molecule has 7 nitrogen and oxygen atoms in total. The van der Waals surface area contributed by atoms with Gasteiger partial charge in [-0.3, -0.25) is 14.9 Å². The van der Waals surface area contributed by atoms with E-state index in [4.69, 9.17) is 12.2 Å². The van der Waals surface area contributed by atoms with Crippen LogP contribution in [-0.2, 0) is 18.3 Å². The lowest BCUT2D eigenvalue weighted by atomic mass is 10.1. The van der Waals surface area contributed by atoms with Crippen LogP contribution >= 0.6 is 12.2 Å². The second-order valence-corrected chi connectivity index (χ2v) is 6.04. The average molecular weight is 360 g/mol. The van der Waals surface area contributed by atoms with E-state index in [0.717, 1.165) is 17.0 Å². The molecule has 2 aromatic heterocycles. The second kappa shape index (κ2) is 6.60. The van der Waals surface area contributed by atoms with Gasteiger partial charge in [0.25, 0.3) is 0 Å². The fraction of sp³-hybridized carbons (Fsp3) is 0.250. The number of H-pyrrole nitrogens is 1. The molecule has 0 unspecified atom stereocenters. The third kappa shape index (κ3) is 3.22. The van der Waals surface area contributed by atoms with E-state index in [2.05, 4.69) is 20.7 Å². The first-order chi connectivity index (χ1) is 11.9. The molecule has 0 atom stereocenters. The fourth-order valence-electron chi connectivity index (χ4n) is 2.62. The zero-order valence-electron chi connectivity index (χ0n) is 14.0. The lowest BCUT2D eigenvalue weighted by Gasteiger charge is -2.09. The maximum absolute atomic E-state index is 14.0. The van der Waals surface area contributed by atoms with E-state index in [1.54, 1.807) is 22.9 Å². The van der Waals surface area contributed by atoms with E-state index in [1.165, 1.54) is 10.7 Å². The molecule has 2 N–H and O–H groups in total. The first kappa shape index (κ1) is 17.0. The number of aryl methyl sites for hydroxylation is 2. The van der Waals surface area contributed by atoms with Crippen molar-refractivity contribution in [3.05, 3.63) is 51.8 Å². The van der Waals surface area contributed by atoms with Crippen LogP contribution in [0.15, 0.2) is 24.3 Å². The highest BCUT2D eigenvalue weighted by atomic mass is 32.1. The number of aromatic amines is 1. The van der Waals surface area contributed by atoms with Gasteiger partial charge in [0.05, 0.1) is 17.7 Å². The molecule has 0 radical (unpaired) electrons. The molecule has 1 aromatic carbocycles. The molecule has 0 aliphatic rings. The van der Waals surface area contributed by atoms with Gasteiger partial charge in [0.15, 0.2) is 5.82 Å². The minimum atomic E-state index is -0.453. The Morgan fingerprint density at radius 1 is 1.36 bits per heavy atom. The van der Waals surface area contributed by atoms with Gasteiger partial charge in [-0.25, -0.2) is 14.2 Å². The number of nitrogens with zero attached hydrogens (tertiary/aromatic N) is 4. The fourth-order valence-corrected chi connectivity index (χ4v) is 2.80. The smallest absolute Gasteiger partial charge is 0.243 e. The van der Waals surface area contributed by atoms with E-state index in [1.807, 2.05) is 20.9 Å². The van der Waals surface area contributed by atoms with E-state index in [-0.39, 0.29) is 28.5 Å². The van der Waals surface area contributed by atoms with Gasteiger partial charge in [-0.1, -0.05) is 12.1 Å². The van der Waals surface area contributed by atoms with Crippen molar-refractivity contribution in [3.63, 3.8) is 0 Å². The molecule has 0 saturated heterocycles. The molecule has 25 heavy (non-hydrogen) atoms. The summed E-state index contributed by atoms with van der Waals surface area (Å²) in [7, 11) is 1.83. The third-order valence-corrected chi connectivity index (χ3v) is 4.29. The van der Waals surface area contributed by atoms with Gasteiger partial charge in [0, 0.05) is 18.3 Å². The molecule has 0 bridgehead atoms. The number of aromatic nitrogens is 5. The predicted molar refractivity (Wildman–Crippen MR) is 93.6 cm³/mol. The zero-order valence-corrected chi connectivity index (χ0v) is 14.8. The first-order valence-corrected chi connectivity index (χ1v) is 8.00. The molecule has 9 heteroatoms. The highest BCUT2D eigenvalue weighted by Crippen LogP contribution is 2.20. The van der Waals surface area contributed by atoms with Crippen molar-refractivity contribution >= 4 is 18.1 Å². The molecule has 3 rings (SSSR count). The number of halogens is 1. The Bertz CT molecular complexity index is 1000. The average Bonchev–Trinajstić information content (AvgIpc) is 3.03. The summed E-state index contributed by atoms with van der Waals surface area (Å²) in [6, 6.07) is 6.15. The largest absolute Gasteiger partial charge is 0.273 e. The van der Waals surface area contributed by atoms with Gasteiger partial charge in [0.1, 0.15) is 5.82 Å². The summed E-state index contributed by atoms with van der Waals surface area (Å²) < 4.78 is 17.2. The number of hydrogen-bond acceptors (Lipinski definition) is 4. The summed E-state index contributed by atoms with van der Waals surface area (Å²) in [5.74, 6) is -0.545. The highest BCUT2D eigenvalue weighted by Gasteiger charge is 2.17. The minimum absolute atomic E-state index is 0.134. The molecule has 130 valence electrons. The Balaban J connectivity index is 1.89. The van der Waals surface area contributed by atoms with Gasteiger partial charge in [-0.2, -0.15) is 10.2 Å². The van der Waals surface area contributed by atoms with Crippen molar-refractivity contribution in [1.82, 2.24) is 24.7 Å². The Morgan fingerprint density at radius 3 is 2.72 bits per heavy atom. The molecule has 0 aliphatic carbocycles. The number of carbonyl (C=O) groups is 1. The van der Waals surface area contributed by atoms with Crippen molar-refractivity contribution in [3.8, 4) is 11.4 Å². The normalized spacial score (nSPS) is 10.9. The van der Waals surface area contributed by atoms with E-state index in [0.29, 0.717) is 0 Å². The molecular weight excluding hydrogens is 343 g/mol. The standard InChI is InChI=1S/C16H17FN6OS/c1-9-12(10(2)22(3)20-9)8-14(24)21-23-15(18-19-16(23)25)11-6-4-5-7-13(11)17/h4-7H,8H2,1-3H3,(H,19,25)(H,21,24). The highest BCUT2D eigenvalue weighted by molar-refractivity contribution is 7.71. The Kier molecular flexibility index (Phi) is 4.49. The quantitative estimate of drug-likeness (QED) is 0.700. The molecular formula is C16H17FN6OS. The third-order valence-electron chi connectivity index (χ3n) is 4.02. The lowest BCUT2D eigenvalue weighted by molar-refractivity contribution is -0.116. The number of amides is 1. The molecule has 2 heterocycles. The van der Waals surface area contributed by atoms with Gasteiger partial charge in [-0.15, -0.1) is 0 Å². The van der Waals surface area contributed by atoms with Crippen LogP contribution in [-0.4, -0.2) is 30.6 Å². The summed E-state index contributed by atoms with van der Waals surface area (Å²) in [4.78, 5) is 12.5. The van der Waals surface area contributed by atoms with Gasteiger partial charge >= 0.3 is 0 Å². The Labute approximate surface area is 148 Å². The summed E-state index contributed by atoms with van der Waals surface area (Å²) in [6.07, 6.45) is 0.134. The van der Waals surface area contributed by atoms with E-state index in [9.17, 15) is 9.18 Å². The summed E-state index contributed by atoms with van der Waals surface area (Å²) in [5.41, 5.74) is 5.47. The van der Waals surface area contributed by atoms with Crippen molar-refractivity contribution in [2.45, 2.75) is 20.3 Å². The molecule has 0 aliphatic heterocycles. The number of rotatable bonds is 4. The Morgan fingerprint density at radius 2 is 2.08 bits per heavy atom. The van der Waals surface area contributed by atoms with Gasteiger partial charge in [0.2, 0.25) is 10.7 Å².